The van der Waals surface area contributed by atoms with Crippen molar-refractivity contribution in [3.8, 4) is 5.06 Å². The quantitative estimate of drug-likeness (QED) is 0.706. The third kappa shape index (κ3) is 1.21. The molecule has 0 radical (unpaired) electrons. The molecule has 0 atom stereocenters. The maximum atomic E-state index is 10.9. The van der Waals surface area contributed by atoms with Gasteiger partial charge in [-0.2, -0.15) is 0 Å². The third-order valence-electron chi connectivity index (χ3n) is 2.23. The summed E-state index contributed by atoms with van der Waals surface area (Å²) < 4.78 is 6.26. The summed E-state index contributed by atoms with van der Waals surface area (Å²) in [5, 5.41) is 1.72. The van der Waals surface area contributed by atoms with Crippen molar-refractivity contribution in [2.75, 3.05) is 7.11 Å². The van der Waals surface area contributed by atoms with Gasteiger partial charge in [-0.1, -0.05) is 23.5 Å². The van der Waals surface area contributed by atoms with E-state index in [1.807, 2.05) is 25.1 Å². The lowest BCUT2D eigenvalue weighted by Gasteiger charge is -1.96. The third-order valence-corrected chi connectivity index (χ3v) is 3.36. The number of rotatable bonds is 2. The van der Waals surface area contributed by atoms with Crippen molar-refractivity contribution in [3.63, 3.8) is 0 Å². The lowest BCUT2D eigenvalue weighted by atomic mass is 10.1. The SMILES string of the molecule is COc1sc2cccc(C)c2c1C=O. The Hall–Kier alpha value is -1.35. The normalized spacial score (nSPS) is 10.4. The fraction of sp³-hybridized carbons (Fsp3) is 0.182. The Bertz CT molecular complexity index is 485. The van der Waals surface area contributed by atoms with Crippen molar-refractivity contribution in [1.29, 1.82) is 0 Å². The highest BCUT2D eigenvalue weighted by molar-refractivity contribution is 7.21. The van der Waals surface area contributed by atoms with Crippen LogP contribution in [0.3, 0.4) is 0 Å². The lowest BCUT2D eigenvalue weighted by Crippen LogP contribution is -1.85. The second kappa shape index (κ2) is 3.42. The number of fused-ring (bicyclic) bond motifs is 1. The predicted octanol–water partition coefficient (Wildman–Crippen LogP) is 3.03. The topological polar surface area (TPSA) is 26.3 Å². The molecular weight excluding hydrogens is 196 g/mol. The summed E-state index contributed by atoms with van der Waals surface area (Å²) in [4.78, 5) is 10.9. The van der Waals surface area contributed by atoms with E-state index >= 15 is 0 Å². The highest BCUT2D eigenvalue weighted by Gasteiger charge is 2.12. The highest BCUT2D eigenvalue weighted by atomic mass is 32.1. The number of carbonyl (C=O) groups excluding carboxylic acids is 1. The van der Waals surface area contributed by atoms with E-state index in [1.54, 1.807) is 7.11 Å². The van der Waals surface area contributed by atoms with Gasteiger partial charge in [-0.25, -0.2) is 0 Å². The van der Waals surface area contributed by atoms with Gasteiger partial charge < -0.3 is 4.74 Å². The molecule has 0 fully saturated rings. The number of hydrogen-bond donors (Lipinski definition) is 0. The molecule has 0 bridgehead atoms. The summed E-state index contributed by atoms with van der Waals surface area (Å²) in [5.41, 5.74) is 1.79. The van der Waals surface area contributed by atoms with E-state index in [9.17, 15) is 4.79 Å². The summed E-state index contributed by atoms with van der Waals surface area (Å²) >= 11 is 1.51. The molecular formula is C11H10O2S. The smallest absolute Gasteiger partial charge is 0.185 e. The van der Waals surface area contributed by atoms with Gasteiger partial charge in [0.1, 0.15) is 0 Å². The van der Waals surface area contributed by atoms with Crippen LogP contribution < -0.4 is 4.74 Å². The number of thiophene rings is 1. The first-order valence-electron chi connectivity index (χ1n) is 4.29. The first-order chi connectivity index (χ1) is 6.77. The Morgan fingerprint density at radius 1 is 1.43 bits per heavy atom. The predicted molar refractivity (Wildman–Crippen MR) is 58.5 cm³/mol. The Kier molecular flexibility index (Phi) is 2.25. The highest BCUT2D eigenvalue weighted by Crippen LogP contribution is 2.37. The van der Waals surface area contributed by atoms with Gasteiger partial charge in [-0.05, 0) is 18.6 Å². The fourth-order valence-electron chi connectivity index (χ4n) is 1.59. The van der Waals surface area contributed by atoms with Crippen LogP contribution in [0.2, 0.25) is 0 Å². The van der Waals surface area contributed by atoms with E-state index in [2.05, 4.69) is 0 Å². The van der Waals surface area contributed by atoms with Gasteiger partial charge in [-0.15, -0.1) is 0 Å². The minimum Gasteiger partial charge on any atom is -0.487 e. The molecule has 0 unspecified atom stereocenters. The molecule has 72 valence electrons. The average molecular weight is 206 g/mol. The molecule has 0 saturated carbocycles. The molecule has 2 rings (SSSR count). The summed E-state index contributed by atoms with van der Waals surface area (Å²) in [6, 6.07) is 5.99. The molecule has 0 N–H and O–H groups in total. The molecule has 1 heterocycles. The lowest BCUT2D eigenvalue weighted by molar-refractivity contribution is 0.112. The van der Waals surface area contributed by atoms with E-state index in [-0.39, 0.29) is 0 Å². The molecule has 1 aromatic heterocycles. The second-order valence-electron chi connectivity index (χ2n) is 3.07. The Balaban J connectivity index is 2.88. The van der Waals surface area contributed by atoms with E-state index in [4.69, 9.17) is 4.74 Å². The van der Waals surface area contributed by atoms with Gasteiger partial charge in [0, 0.05) is 10.1 Å². The number of ether oxygens (including phenoxy) is 1. The van der Waals surface area contributed by atoms with Crippen LogP contribution in [0.1, 0.15) is 15.9 Å². The summed E-state index contributed by atoms with van der Waals surface area (Å²) in [7, 11) is 1.59. The molecule has 3 heteroatoms. The summed E-state index contributed by atoms with van der Waals surface area (Å²) in [6.07, 6.45) is 0.866. The van der Waals surface area contributed by atoms with E-state index in [1.165, 1.54) is 11.3 Å². The zero-order chi connectivity index (χ0) is 10.1. The Morgan fingerprint density at radius 3 is 2.86 bits per heavy atom. The number of aldehydes is 1. The van der Waals surface area contributed by atoms with Crippen molar-refractivity contribution >= 4 is 27.7 Å². The van der Waals surface area contributed by atoms with Crippen molar-refractivity contribution in [2.24, 2.45) is 0 Å². The van der Waals surface area contributed by atoms with Crippen LogP contribution >= 0.6 is 11.3 Å². The first-order valence-corrected chi connectivity index (χ1v) is 5.11. The van der Waals surface area contributed by atoms with Crippen LogP contribution in [0.25, 0.3) is 10.1 Å². The van der Waals surface area contributed by atoms with Gasteiger partial charge in [0.2, 0.25) is 0 Å². The van der Waals surface area contributed by atoms with E-state index < -0.39 is 0 Å². The number of hydrogen-bond acceptors (Lipinski definition) is 3. The van der Waals surface area contributed by atoms with Crippen LogP contribution in [0.4, 0.5) is 0 Å². The molecule has 0 aliphatic carbocycles. The van der Waals surface area contributed by atoms with E-state index in [0.717, 1.165) is 21.9 Å². The Labute approximate surface area is 86.1 Å². The van der Waals surface area contributed by atoms with Gasteiger partial charge in [0.05, 0.1) is 12.7 Å². The molecule has 0 aliphatic rings. The zero-order valence-corrected chi connectivity index (χ0v) is 8.85. The minimum absolute atomic E-state index is 0.672. The summed E-state index contributed by atoms with van der Waals surface area (Å²) in [5.74, 6) is 0. The standard InChI is InChI=1S/C11H10O2S/c1-7-4-3-5-9-10(7)8(6-12)11(13-2)14-9/h3-6H,1-2H3. The fourth-order valence-corrected chi connectivity index (χ4v) is 2.65. The van der Waals surface area contributed by atoms with E-state index in [0.29, 0.717) is 10.6 Å². The van der Waals surface area contributed by atoms with Crippen molar-refractivity contribution in [3.05, 3.63) is 29.3 Å². The van der Waals surface area contributed by atoms with Gasteiger partial charge in [-0.3, -0.25) is 4.79 Å². The molecule has 2 aromatic rings. The van der Waals surface area contributed by atoms with Crippen LogP contribution in [0.5, 0.6) is 5.06 Å². The number of benzene rings is 1. The van der Waals surface area contributed by atoms with Crippen LogP contribution in [-0.4, -0.2) is 13.4 Å². The monoisotopic (exact) mass is 206 g/mol. The van der Waals surface area contributed by atoms with Gasteiger partial charge in [0.15, 0.2) is 11.3 Å². The molecule has 0 aliphatic heterocycles. The van der Waals surface area contributed by atoms with Crippen molar-refractivity contribution < 1.29 is 9.53 Å². The van der Waals surface area contributed by atoms with Crippen LogP contribution in [0.15, 0.2) is 18.2 Å². The number of methoxy groups -OCH3 is 1. The van der Waals surface area contributed by atoms with Crippen LogP contribution in [-0.2, 0) is 0 Å². The molecule has 0 saturated heterocycles. The number of aryl methyl sites for hydroxylation is 1. The average Bonchev–Trinajstić information content (AvgIpc) is 2.56. The van der Waals surface area contributed by atoms with Crippen molar-refractivity contribution in [2.45, 2.75) is 6.92 Å². The maximum absolute atomic E-state index is 10.9. The minimum atomic E-state index is 0.672. The Morgan fingerprint density at radius 2 is 2.21 bits per heavy atom. The number of carbonyl (C=O) groups is 1. The zero-order valence-electron chi connectivity index (χ0n) is 8.03. The molecule has 2 nitrogen and oxygen atoms in total. The van der Waals surface area contributed by atoms with Gasteiger partial charge >= 0.3 is 0 Å². The van der Waals surface area contributed by atoms with Crippen LogP contribution in [0, 0.1) is 6.92 Å². The molecule has 0 amide bonds. The first kappa shape index (κ1) is 9.21. The molecule has 14 heavy (non-hydrogen) atoms. The largest absolute Gasteiger partial charge is 0.487 e. The molecule has 0 spiro atoms. The van der Waals surface area contributed by atoms with Gasteiger partial charge in [0.25, 0.3) is 0 Å². The maximum Gasteiger partial charge on any atom is 0.185 e. The second-order valence-corrected chi connectivity index (χ2v) is 4.09. The van der Waals surface area contributed by atoms with Crippen molar-refractivity contribution in [1.82, 2.24) is 0 Å². The molecule has 1 aromatic carbocycles. The summed E-state index contributed by atoms with van der Waals surface area (Å²) in [6.45, 7) is 2.00.